The summed E-state index contributed by atoms with van der Waals surface area (Å²) in [5, 5.41) is 83.3. The molecular weight excluding hydrogens is 1340 g/mol. The molecule has 3 aliphatic heterocycles. The molecule has 0 radical (unpaired) electrons. The van der Waals surface area contributed by atoms with Crippen LogP contribution in [0.5, 0.6) is 46.0 Å². The Balaban J connectivity index is 1.09. The van der Waals surface area contributed by atoms with Crippen molar-refractivity contribution in [1.29, 1.82) is 0 Å². The van der Waals surface area contributed by atoms with Crippen molar-refractivity contribution in [3.8, 4) is 57.1 Å². The van der Waals surface area contributed by atoms with Crippen LogP contribution in [-0.2, 0) is 80.5 Å². The molecule has 0 fully saturated rings. The highest BCUT2D eigenvalue weighted by Gasteiger charge is 2.41. The van der Waals surface area contributed by atoms with Crippen LogP contribution in [0.15, 0.2) is 152 Å². The number of aliphatic hydroxyl groups is 1. The van der Waals surface area contributed by atoms with Crippen LogP contribution in [0.2, 0.25) is 10.0 Å². The molecule has 8 aromatic rings. The number of nitrogens with one attached hydrogen (secondary N) is 6. The fourth-order valence-corrected chi connectivity index (χ4v) is 11.3. The average molecular weight is 1410 g/mol. The first-order valence-electron chi connectivity index (χ1n) is 30.7. The third kappa shape index (κ3) is 17.4. The number of carboxylic acid groups (broad SMARTS) is 1. The van der Waals surface area contributed by atoms with Crippen LogP contribution in [0.4, 0.5) is 9.59 Å². The number of imidazole rings is 1. The standard InChI is InChI=1S/C70H66Cl2N8O20/c1-70(2,3)100-69(94)74-47(27-41-30-80(33-73-41)34-96-31-35-11-7-5-8-12-35)62(86)76-57-40-25-53(98-51-19-15-37(21-45(51)71)22-48(66(90)91)75-68(93)97-32-36-13-9-6-10-14-36)61(85)54(26-40)99-52-20-17-39(24-46(52)72)60(84)59-65(89)78-58(67(92)95-4)44-28-42(81)29-50(83)55(44)43-23-38(16-18-49(43)82)56(63(87)79-59)77-64(57)88/h5-21,23-26,28-30,33,47-48,56-60,81-85H,22,27,31-32,34H2,1-4H3,(H,74,94)(H,75,93)(H,76,86)(H,77,88)(H,78,89)(H,79,87)(H,90,91)/t47-,48+,56+,57+,58+,59-,60+/m0/s1. The number of carbonyl (C=O) groups excluding carboxylic acids is 7. The zero-order valence-electron chi connectivity index (χ0n) is 53.6. The van der Waals surface area contributed by atoms with E-state index in [0.717, 1.165) is 55.1 Å². The first-order chi connectivity index (χ1) is 47.7. The molecule has 4 heterocycles. The van der Waals surface area contributed by atoms with Gasteiger partial charge in [-0.15, -0.1) is 0 Å². The quantitative estimate of drug-likeness (QED) is 0.0283. The summed E-state index contributed by atoms with van der Waals surface area (Å²) in [7, 11) is 0.969. The molecule has 0 aliphatic carbocycles. The molecule has 6 amide bonds. The van der Waals surface area contributed by atoms with Crippen molar-refractivity contribution in [2.75, 3.05) is 7.11 Å². The number of aromatic hydroxyl groups is 4. The van der Waals surface area contributed by atoms with E-state index >= 15 is 14.4 Å². The Kier molecular flexibility index (Phi) is 22.0. The van der Waals surface area contributed by atoms with E-state index in [1.165, 1.54) is 42.7 Å². The summed E-state index contributed by atoms with van der Waals surface area (Å²) in [5.74, 6) is -12.0. The maximum absolute atomic E-state index is 15.9. The van der Waals surface area contributed by atoms with Crippen LogP contribution < -0.4 is 41.4 Å². The lowest BCUT2D eigenvalue weighted by Crippen LogP contribution is -2.55. The molecule has 1 aromatic heterocycles. The predicted molar refractivity (Wildman–Crippen MR) is 355 cm³/mol. The zero-order valence-corrected chi connectivity index (χ0v) is 55.1. The van der Waals surface area contributed by atoms with Gasteiger partial charge in [-0.05, 0) is 109 Å². The number of rotatable bonds is 18. The summed E-state index contributed by atoms with van der Waals surface area (Å²) in [6, 6.07) is 21.4. The number of hydrogen-bond acceptors (Lipinski definition) is 20. The highest BCUT2D eigenvalue weighted by atomic mass is 35.5. The Bertz CT molecular complexity index is 4440. The Morgan fingerprint density at radius 2 is 1.38 bits per heavy atom. The van der Waals surface area contributed by atoms with Gasteiger partial charge < -0.3 is 95.5 Å². The van der Waals surface area contributed by atoms with Gasteiger partial charge in [-0.25, -0.2) is 24.2 Å². The number of amides is 6. The van der Waals surface area contributed by atoms with Gasteiger partial charge in [0.2, 0.25) is 29.4 Å². The largest absolute Gasteiger partial charge is 0.508 e. The van der Waals surface area contributed by atoms with Gasteiger partial charge in [-0.2, -0.15) is 0 Å². The van der Waals surface area contributed by atoms with Crippen molar-refractivity contribution in [2.24, 2.45) is 0 Å². The lowest BCUT2D eigenvalue weighted by molar-refractivity contribution is -0.146. The topological polar surface area (TPSA) is 403 Å². The van der Waals surface area contributed by atoms with Crippen molar-refractivity contribution >= 4 is 71.0 Å². The third-order valence-corrected chi connectivity index (χ3v) is 16.2. The van der Waals surface area contributed by atoms with Crippen LogP contribution >= 0.6 is 23.2 Å². The Morgan fingerprint density at radius 3 is 2.06 bits per heavy atom. The number of aliphatic hydroxyl groups excluding tert-OH is 1. The summed E-state index contributed by atoms with van der Waals surface area (Å²) < 4.78 is 35.9. The number of fused-ring (bicyclic) bond motifs is 8. The number of ether oxygens (including phenoxy) is 6. The number of phenols is 4. The molecular formula is C70H66Cl2N8O20. The first-order valence-corrected chi connectivity index (χ1v) is 31.4. The number of methoxy groups -OCH3 is 1. The minimum absolute atomic E-state index is 0.00434. The molecule has 30 heteroatoms. The van der Waals surface area contributed by atoms with Gasteiger partial charge >= 0.3 is 24.1 Å². The van der Waals surface area contributed by atoms with E-state index in [9.17, 15) is 54.6 Å². The smallest absolute Gasteiger partial charge is 0.408 e. The maximum atomic E-state index is 15.9. The molecule has 7 aromatic carbocycles. The molecule has 7 atom stereocenters. The van der Waals surface area contributed by atoms with E-state index in [-0.39, 0.29) is 93.4 Å². The molecule has 28 nitrogen and oxygen atoms in total. The number of carboxylic acids is 1. The number of aromatic nitrogens is 2. The molecule has 0 saturated heterocycles. The SMILES string of the molecule is COC(=O)[C@@H]1NC(=O)[C@H]2NC(=O)[C@H](NC(=O)[C@H](NC(=O)[C@H](Cc3cn(COCc4ccccc4)cn3)NC(=O)OC(C)(C)C)c3cc(Oc4ccc(C[C@@H](NC(=O)OCc5ccccc5)C(=O)O)cc4Cl)c(O)c(c3)Oc3ccc(cc3Cl)[C@H]2O)c2ccc(O)c(c2)-c2c(O)cc(O)cc21. The fraction of sp³-hybridized carbons (Fsp3) is 0.243. The molecule has 0 spiro atoms. The number of aliphatic carboxylic acids is 1. The van der Waals surface area contributed by atoms with E-state index in [1.807, 2.05) is 30.3 Å². The third-order valence-electron chi connectivity index (χ3n) is 15.6. The monoisotopic (exact) mass is 1410 g/mol. The summed E-state index contributed by atoms with van der Waals surface area (Å²) >= 11 is 13.8. The summed E-state index contributed by atoms with van der Waals surface area (Å²) in [5.41, 5.74) is -0.942. The number of benzene rings is 7. The maximum Gasteiger partial charge on any atom is 0.408 e. The minimum Gasteiger partial charge on any atom is -0.508 e. The molecule has 100 heavy (non-hydrogen) atoms. The number of nitrogens with zero attached hydrogens (tertiary/aromatic N) is 2. The van der Waals surface area contributed by atoms with Crippen LogP contribution in [0, 0.1) is 0 Å². The highest BCUT2D eigenvalue weighted by molar-refractivity contribution is 6.32. The second-order valence-corrected chi connectivity index (χ2v) is 24.9. The van der Waals surface area contributed by atoms with E-state index in [0.29, 0.717) is 5.56 Å². The predicted octanol–water partition coefficient (Wildman–Crippen LogP) is 8.39. The molecule has 12 N–H and O–H groups in total. The summed E-state index contributed by atoms with van der Waals surface area (Å²) in [6.07, 6.45) is -1.96. The van der Waals surface area contributed by atoms with Crippen LogP contribution in [-0.4, -0.2) is 119 Å². The van der Waals surface area contributed by atoms with Crippen molar-refractivity contribution < 1.29 is 97.4 Å². The Labute approximate surface area is 579 Å². The second kappa shape index (κ2) is 30.9. The van der Waals surface area contributed by atoms with Gasteiger partial charge in [0.25, 0.3) is 0 Å². The molecule has 11 rings (SSSR count). The van der Waals surface area contributed by atoms with E-state index in [1.54, 1.807) is 61.9 Å². The first kappa shape index (κ1) is 71.2. The lowest BCUT2D eigenvalue weighted by atomic mass is 9.89. The van der Waals surface area contributed by atoms with Gasteiger partial charge in [-0.1, -0.05) is 102 Å². The van der Waals surface area contributed by atoms with Crippen molar-refractivity contribution in [1.82, 2.24) is 41.5 Å². The number of esters is 1. The van der Waals surface area contributed by atoms with Gasteiger partial charge in [0, 0.05) is 41.8 Å². The van der Waals surface area contributed by atoms with E-state index in [2.05, 4.69) is 36.9 Å². The normalized spacial score (nSPS) is 17.2. The van der Waals surface area contributed by atoms with Crippen LogP contribution in [0.3, 0.4) is 0 Å². The lowest BCUT2D eigenvalue weighted by Gasteiger charge is -2.31. The molecule has 520 valence electrons. The number of hydrogen-bond donors (Lipinski definition) is 12. The van der Waals surface area contributed by atoms with Gasteiger partial charge in [0.05, 0.1) is 35.8 Å². The van der Waals surface area contributed by atoms with Crippen LogP contribution in [0.25, 0.3) is 11.1 Å². The molecule has 0 saturated carbocycles. The fourth-order valence-electron chi connectivity index (χ4n) is 10.8. The van der Waals surface area contributed by atoms with Crippen molar-refractivity contribution in [2.45, 2.75) is 102 Å². The number of halogens is 2. The molecule has 3 aliphatic rings. The number of alkyl carbamates (subject to hydrolysis) is 2. The van der Waals surface area contributed by atoms with Crippen molar-refractivity contribution in [3.63, 3.8) is 0 Å². The van der Waals surface area contributed by atoms with Gasteiger partial charge in [0.15, 0.2) is 17.5 Å². The second-order valence-electron chi connectivity index (χ2n) is 24.1. The Morgan fingerprint density at radius 1 is 0.680 bits per heavy atom. The van der Waals surface area contributed by atoms with Crippen LogP contribution in [0.1, 0.15) is 89.6 Å². The molecule has 8 bridgehead atoms. The average Bonchev–Trinajstić information content (AvgIpc) is 0.931. The Hall–Kier alpha value is -11.6. The van der Waals surface area contributed by atoms with E-state index in [4.69, 9.17) is 51.6 Å². The number of phenolic OH excluding ortho intramolecular Hbond substituents is 4. The number of carbonyl (C=O) groups is 8. The van der Waals surface area contributed by atoms with Crippen molar-refractivity contribution in [3.05, 3.63) is 207 Å². The zero-order chi connectivity index (χ0) is 71.7. The highest BCUT2D eigenvalue weighted by Crippen LogP contribution is 2.48. The molecule has 0 unspecified atom stereocenters. The minimum atomic E-state index is -2.14. The summed E-state index contributed by atoms with van der Waals surface area (Å²) in [6.45, 7) is 4.82. The van der Waals surface area contributed by atoms with Gasteiger partial charge in [-0.3, -0.25) is 19.2 Å². The summed E-state index contributed by atoms with van der Waals surface area (Å²) in [4.78, 5) is 119. The van der Waals surface area contributed by atoms with Gasteiger partial charge in [0.1, 0.15) is 84.0 Å². The van der Waals surface area contributed by atoms with E-state index < -0.39 is 136 Å².